The molecular formula is C7H10N4OS. The molecule has 0 aliphatic carbocycles. The molecule has 0 fully saturated rings. The topological polar surface area (TPSA) is 63.7 Å². The maximum absolute atomic E-state index is 8.43. The van der Waals surface area contributed by atoms with Gasteiger partial charge in [0.1, 0.15) is 12.4 Å². The predicted molar refractivity (Wildman–Crippen MR) is 49.4 cm³/mol. The third-order valence-corrected chi connectivity index (χ3v) is 1.52. The molecule has 70 valence electrons. The van der Waals surface area contributed by atoms with Crippen molar-refractivity contribution in [2.75, 3.05) is 19.0 Å². The van der Waals surface area contributed by atoms with Gasteiger partial charge in [-0.25, -0.2) is 9.67 Å². The van der Waals surface area contributed by atoms with Crippen molar-refractivity contribution in [3.05, 3.63) is 12.2 Å². The van der Waals surface area contributed by atoms with E-state index in [0.717, 1.165) is 0 Å². The van der Waals surface area contributed by atoms with Crippen molar-refractivity contribution in [1.82, 2.24) is 14.8 Å². The molecular weight excluding hydrogens is 188 g/mol. The molecule has 0 spiro atoms. The summed E-state index contributed by atoms with van der Waals surface area (Å²) in [6, 6.07) is 1.85. The van der Waals surface area contributed by atoms with Gasteiger partial charge in [-0.3, -0.25) is 0 Å². The van der Waals surface area contributed by atoms with E-state index in [1.165, 1.54) is 6.33 Å². The molecule has 1 heterocycles. The summed E-state index contributed by atoms with van der Waals surface area (Å²) in [7, 11) is 0. The Hall–Kier alpha value is -1.06. The van der Waals surface area contributed by atoms with Crippen molar-refractivity contribution in [2.45, 2.75) is 6.54 Å². The number of aromatic nitrogens is 3. The molecule has 0 aliphatic rings. The lowest BCUT2D eigenvalue weighted by Gasteiger charge is -2.00. The molecule has 0 radical (unpaired) electrons. The first-order chi connectivity index (χ1) is 6.36. The van der Waals surface area contributed by atoms with E-state index in [2.05, 4.69) is 22.7 Å². The smallest absolute Gasteiger partial charge is 0.252 e. The highest BCUT2D eigenvalue weighted by Gasteiger charge is 1.97. The summed E-state index contributed by atoms with van der Waals surface area (Å²) in [5.41, 5.74) is 0. The molecule has 5 nitrogen and oxygen atoms in total. The molecule has 0 amide bonds. The molecule has 0 aromatic carbocycles. The molecule has 0 unspecified atom stereocenters. The van der Waals surface area contributed by atoms with E-state index in [4.69, 9.17) is 10.00 Å². The van der Waals surface area contributed by atoms with Crippen molar-refractivity contribution < 1.29 is 4.74 Å². The van der Waals surface area contributed by atoms with Crippen LogP contribution >= 0.6 is 12.6 Å². The van der Waals surface area contributed by atoms with Crippen LogP contribution in [0, 0.1) is 11.3 Å². The van der Waals surface area contributed by atoms with Gasteiger partial charge in [0.15, 0.2) is 0 Å². The summed E-state index contributed by atoms with van der Waals surface area (Å²) in [5.74, 6) is 0.898. The first kappa shape index (κ1) is 10.0. The molecule has 1 aromatic rings. The Labute approximate surface area is 81.7 Å². The summed E-state index contributed by atoms with van der Waals surface area (Å²) in [6.07, 6.45) is 1.52. The van der Waals surface area contributed by atoms with Crippen LogP contribution in [0.4, 0.5) is 0 Å². The second kappa shape index (κ2) is 5.56. The van der Waals surface area contributed by atoms with Crippen molar-refractivity contribution in [3.8, 4) is 6.07 Å². The van der Waals surface area contributed by atoms with Crippen molar-refractivity contribution in [1.29, 1.82) is 5.26 Å². The Balaban J connectivity index is 2.25. The van der Waals surface area contributed by atoms with Gasteiger partial charge < -0.3 is 4.74 Å². The lowest BCUT2D eigenvalue weighted by Crippen LogP contribution is -2.07. The summed E-state index contributed by atoms with van der Waals surface area (Å²) in [4.78, 5) is 3.75. The largest absolute Gasteiger partial charge is 0.379 e. The van der Waals surface area contributed by atoms with Crippen LogP contribution in [0.15, 0.2) is 6.33 Å². The fourth-order valence-corrected chi connectivity index (χ4v) is 0.907. The molecule has 6 heteroatoms. The van der Waals surface area contributed by atoms with Gasteiger partial charge in [0.2, 0.25) is 0 Å². The van der Waals surface area contributed by atoms with E-state index >= 15 is 0 Å². The zero-order valence-corrected chi connectivity index (χ0v) is 7.94. The standard InChI is InChI=1S/C7H10N4OS/c8-5-7-9-6-11(10-7)1-2-12-3-4-13/h6,13H,1-4H2. The number of thiol groups is 1. The van der Waals surface area contributed by atoms with Crippen LogP contribution < -0.4 is 0 Å². The number of nitrogens with zero attached hydrogens (tertiary/aromatic N) is 4. The normalized spacial score (nSPS) is 9.85. The highest BCUT2D eigenvalue weighted by molar-refractivity contribution is 7.80. The predicted octanol–water partition coefficient (Wildman–Crippen LogP) is 0.0962. The SMILES string of the molecule is N#Cc1ncn(CCOCCS)n1. The molecule has 0 N–H and O–H groups in total. The average Bonchev–Trinajstić information content (AvgIpc) is 2.60. The van der Waals surface area contributed by atoms with Crippen LogP contribution in [-0.4, -0.2) is 33.7 Å². The maximum atomic E-state index is 8.43. The molecule has 1 rings (SSSR count). The minimum absolute atomic E-state index is 0.189. The van der Waals surface area contributed by atoms with E-state index in [0.29, 0.717) is 25.5 Å². The Bertz CT molecular complexity index is 293. The highest BCUT2D eigenvalue weighted by Crippen LogP contribution is 1.88. The van der Waals surface area contributed by atoms with Crippen LogP contribution in [0.25, 0.3) is 0 Å². The van der Waals surface area contributed by atoms with Gasteiger partial charge in [-0.15, -0.1) is 5.10 Å². The molecule has 0 atom stereocenters. The first-order valence-electron chi connectivity index (χ1n) is 3.85. The number of hydrogen-bond acceptors (Lipinski definition) is 5. The van der Waals surface area contributed by atoms with E-state index in [9.17, 15) is 0 Å². The van der Waals surface area contributed by atoms with Gasteiger partial charge in [-0.1, -0.05) is 0 Å². The van der Waals surface area contributed by atoms with E-state index < -0.39 is 0 Å². The zero-order valence-electron chi connectivity index (χ0n) is 7.05. The molecule has 13 heavy (non-hydrogen) atoms. The molecule has 0 bridgehead atoms. The fourth-order valence-electron chi connectivity index (χ4n) is 0.778. The van der Waals surface area contributed by atoms with E-state index in [1.807, 2.05) is 6.07 Å². The third-order valence-electron chi connectivity index (χ3n) is 1.34. The second-order valence-electron chi connectivity index (χ2n) is 2.28. The van der Waals surface area contributed by atoms with Crippen molar-refractivity contribution >= 4 is 12.6 Å². The lowest BCUT2D eigenvalue weighted by molar-refractivity contribution is 0.138. The average molecular weight is 198 g/mol. The monoisotopic (exact) mass is 198 g/mol. The molecule has 0 saturated heterocycles. The Morgan fingerprint density at radius 1 is 1.62 bits per heavy atom. The first-order valence-corrected chi connectivity index (χ1v) is 4.48. The van der Waals surface area contributed by atoms with Crippen LogP contribution in [-0.2, 0) is 11.3 Å². The van der Waals surface area contributed by atoms with E-state index in [-0.39, 0.29) is 5.82 Å². The zero-order chi connectivity index (χ0) is 9.52. The van der Waals surface area contributed by atoms with Gasteiger partial charge in [-0.2, -0.15) is 17.9 Å². The Morgan fingerprint density at radius 3 is 3.08 bits per heavy atom. The number of nitriles is 1. The van der Waals surface area contributed by atoms with Crippen molar-refractivity contribution in [2.24, 2.45) is 0 Å². The Morgan fingerprint density at radius 2 is 2.46 bits per heavy atom. The number of rotatable bonds is 5. The van der Waals surface area contributed by atoms with E-state index in [1.54, 1.807) is 4.68 Å². The van der Waals surface area contributed by atoms with Gasteiger partial charge >= 0.3 is 0 Å². The van der Waals surface area contributed by atoms with Crippen molar-refractivity contribution in [3.63, 3.8) is 0 Å². The summed E-state index contributed by atoms with van der Waals surface area (Å²) in [5, 5.41) is 12.3. The van der Waals surface area contributed by atoms with Crippen LogP contribution in [0.2, 0.25) is 0 Å². The molecule has 0 aliphatic heterocycles. The second-order valence-corrected chi connectivity index (χ2v) is 2.73. The fraction of sp³-hybridized carbons (Fsp3) is 0.571. The van der Waals surface area contributed by atoms with Gasteiger partial charge in [0.05, 0.1) is 19.8 Å². The van der Waals surface area contributed by atoms with Crippen LogP contribution in [0.3, 0.4) is 0 Å². The van der Waals surface area contributed by atoms with Gasteiger partial charge in [0, 0.05) is 5.75 Å². The molecule has 1 aromatic heterocycles. The van der Waals surface area contributed by atoms with Crippen LogP contribution in [0.1, 0.15) is 5.82 Å². The third kappa shape index (κ3) is 3.44. The van der Waals surface area contributed by atoms with Gasteiger partial charge in [0.25, 0.3) is 5.82 Å². The minimum atomic E-state index is 0.189. The van der Waals surface area contributed by atoms with Gasteiger partial charge in [-0.05, 0) is 0 Å². The summed E-state index contributed by atoms with van der Waals surface area (Å²) in [6.45, 7) is 1.81. The Kier molecular flexibility index (Phi) is 4.29. The maximum Gasteiger partial charge on any atom is 0.252 e. The molecule has 0 saturated carbocycles. The minimum Gasteiger partial charge on any atom is -0.379 e. The quantitative estimate of drug-likeness (QED) is 0.538. The number of hydrogen-bond donors (Lipinski definition) is 1. The highest BCUT2D eigenvalue weighted by atomic mass is 32.1. The summed E-state index contributed by atoms with van der Waals surface area (Å²) < 4.78 is 6.76. The van der Waals surface area contributed by atoms with Crippen LogP contribution in [0.5, 0.6) is 0 Å². The number of ether oxygens (including phenoxy) is 1. The summed E-state index contributed by atoms with van der Waals surface area (Å²) >= 11 is 4.00. The lowest BCUT2D eigenvalue weighted by atomic mass is 10.7.